The van der Waals surface area contributed by atoms with Gasteiger partial charge in [-0.15, -0.1) is 24.0 Å². The lowest BCUT2D eigenvalue weighted by Gasteiger charge is -2.25. The highest BCUT2D eigenvalue weighted by Gasteiger charge is 2.15. The summed E-state index contributed by atoms with van der Waals surface area (Å²) in [4.78, 5) is 4.30. The number of nitrogens with zero attached hydrogens (tertiary/aromatic N) is 1. The summed E-state index contributed by atoms with van der Waals surface area (Å²) in [5.41, 5.74) is 0. The monoisotopic (exact) mass is 465 g/mol. The predicted octanol–water partition coefficient (Wildman–Crippen LogP) is 3.14. The second kappa shape index (κ2) is 11.7. The fraction of sp³-hybridized carbons (Fsp3) is 0.588. The molecule has 1 fully saturated rings. The van der Waals surface area contributed by atoms with Gasteiger partial charge in [-0.2, -0.15) is 11.8 Å². The smallest absolute Gasteiger partial charge is 0.191 e. The van der Waals surface area contributed by atoms with Gasteiger partial charge in [0.15, 0.2) is 17.5 Å². The Morgan fingerprint density at radius 2 is 2.12 bits per heavy atom. The van der Waals surface area contributed by atoms with Crippen LogP contribution in [-0.4, -0.2) is 50.3 Å². The van der Waals surface area contributed by atoms with E-state index in [1.54, 1.807) is 14.2 Å². The standard InChI is InChI=1S/C17H27N3O2S.HI/c1-13(22-16-9-5-4-8-15(16)21-3)11-19-17(18-2)20-14-7-6-10-23-12-14;/h4-5,8-9,13-14H,6-7,10-12H2,1-3H3,(H2,18,19,20);1H. The molecule has 136 valence electrons. The average molecular weight is 465 g/mol. The minimum Gasteiger partial charge on any atom is -0.493 e. The van der Waals surface area contributed by atoms with E-state index in [4.69, 9.17) is 9.47 Å². The number of methoxy groups -OCH3 is 1. The van der Waals surface area contributed by atoms with Crippen molar-refractivity contribution < 1.29 is 9.47 Å². The number of rotatable bonds is 6. The number of ether oxygens (including phenoxy) is 2. The van der Waals surface area contributed by atoms with Crippen molar-refractivity contribution >= 4 is 41.7 Å². The van der Waals surface area contributed by atoms with Gasteiger partial charge in [-0.25, -0.2) is 0 Å². The predicted molar refractivity (Wildman–Crippen MR) is 113 cm³/mol. The molecule has 2 rings (SSSR count). The quantitative estimate of drug-likeness (QED) is 0.384. The van der Waals surface area contributed by atoms with Gasteiger partial charge in [-0.05, 0) is 37.7 Å². The van der Waals surface area contributed by atoms with Crippen molar-refractivity contribution in [3.63, 3.8) is 0 Å². The molecule has 0 saturated carbocycles. The SMILES string of the molecule is CN=C(NCC(C)Oc1ccccc1OC)NC1CCCSC1.I. The van der Waals surface area contributed by atoms with Crippen LogP contribution in [0.1, 0.15) is 19.8 Å². The Morgan fingerprint density at radius 3 is 2.75 bits per heavy atom. The molecule has 1 heterocycles. The number of benzene rings is 1. The summed E-state index contributed by atoms with van der Waals surface area (Å²) in [6, 6.07) is 8.20. The van der Waals surface area contributed by atoms with Crippen LogP contribution in [0.3, 0.4) is 0 Å². The van der Waals surface area contributed by atoms with Gasteiger partial charge in [0.2, 0.25) is 0 Å². The van der Waals surface area contributed by atoms with Gasteiger partial charge >= 0.3 is 0 Å². The van der Waals surface area contributed by atoms with E-state index in [0.717, 1.165) is 23.2 Å². The van der Waals surface area contributed by atoms with Gasteiger partial charge in [0, 0.05) is 18.8 Å². The molecule has 1 aromatic rings. The summed E-state index contributed by atoms with van der Waals surface area (Å²) in [6.07, 6.45) is 2.48. The largest absolute Gasteiger partial charge is 0.493 e. The van der Waals surface area contributed by atoms with Crippen molar-refractivity contribution in [2.45, 2.75) is 31.9 Å². The van der Waals surface area contributed by atoms with E-state index in [0.29, 0.717) is 12.6 Å². The van der Waals surface area contributed by atoms with E-state index in [2.05, 4.69) is 15.6 Å². The van der Waals surface area contributed by atoms with E-state index >= 15 is 0 Å². The first-order valence-corrected chi connectivity index (χ1v) is 9.23. The van der Waals surface area contributed by atoms with Crippen LogP contribution in [0, 0.1) is 0 Å². The molecule has 0 bridgehead atoms. The highest BCUT2D eigenvalue weighted by molar-refractivity contribution is 14.0. The van der Waals surface area contributed by atoms with Crippen molar-refractivity contribution in [3.05, 3.63) is 24.3 Å². The van der Waals surface area contributed by atoms with Gasteiger partial charge in [0.1, 0.15) is 6.10 Å². The number of hydrogen-bond donors (Lipinski definition) is 2. The second-order valence-electron chi connectivity index (χ2n) is 5.59. The Hall–Kier alpha value is -0.830. The summed E-state index contributed by atoms with van der Waals surface area (Å²) in [7, 11) is 3.45. The molecule has 0 radical (unpaired) electrons. The van der Waals surface area contributed by atoms with Crippen LogP contribution >= 0.6 is 35.7 Å². The maximum absolute atomic E-state index is 5.95. The number of guanidine groups is 1. The molecule has 5 nitrogen and oxygen atoms in total. The number of hydrogen-bond acceptors (Lipinski definition) is 4. The van der Waals surface area contributed by atoms with E-state index in [1.165, 1.54) is 18.6 Å². The molecule has 0 aromatic heterocycles. The maximum atomic E-state index is 5.95. The van der Waals surface area contributed by atoms with Gasteiger partial charge in [0.05, 0.1) is 13.7 Å². The van der Waals surface area contributed by atoms with E-state index < -0.39 is 0 Å². The zero-order chi connectivity index (χ0) is 16.5. The lowest BCUT2D eigenvalue weighted by atomic mass is 10.2. The molecule has 0 spiro atoms. The molecule has 2 unspecified atom stereocenters. The lowest BCUT2D eigenvalue weighted by molar-refractivity contribution is 0.213. The summed E-state index contributed by atoms with van der Waals surface area (Å²) >= 11 is 2.00. The van der Waals surface area contributed by atoms with Crippen LogP contribution < -0.4 is 20.1 Å². The van der Waals surface area contributed by atoms with Crippen molar-refractivity contribution in [3.8, 4) is 11.5 Å². The topological polar surface area (TPSA) is 54.9 Å². The molecule has 1 aromatic carbocycles. The van der Waals surface area contributed by atoms with Gasteiger partial charge in [-0.3, -0.25) is 4.99 Å². The molecule has 24 heavy (non-hydrogen) atoms. The van der Waals surface area contributed by atoms with Crippen LogP contribution in [0.5, 0.6) is 11.5 Å². The van der Waals surface area contributed by atoms with Crippen molar-refractivity contribution in [1.29, 1.82) is 0 Å². The minimum atomic E-state index is 0. The molecule has 2 atom stereocenters. The Balaban J connectivity index is 0.00000288. The summed E-state index contributed by atoms with van der Waals surface area (Å²) in [6.45, 7) is 2.71. The Labute approximate surface area is 166 Å². The van der Waals surface area contributed by atoms with E-state index in [-0.39, 0.29) is 30.1 Å². The summed E-state index contributed by atoms with van der Waals surface area (Å²) in [5.74, 6) is 4.77. The fourth-order valence-corrected chi connectivity index (χ4v) is 3.53. The third-order valence-electron chi connectivity index (χ3n) is 3.68. The van der Waals surface area contributed by atoms with Crippen LogP contribution in [0.4, 0.5) is 0 Å². The molecule has 0 amide bonds. The zero-order valence-corrected chi connectivity index (χ0v) is 17.7. The molecule has 7 heteroatoms. The van der Waals surface area contributed by atoms with Crippen molar-refractivity contribution in [2.24, 2.45) is 4.99 Å². The molecular formula is C17H28IN3O2S. The third-order valence-corrected chi connectivity index (χ3v) is 4.89. The Kier molecular flexibility index (Phi) is 10.3. The van der Waals surface area contributed by atoms with Crippen LogP contribution in [0.15, 0.2) is 29.3 Å². The second-order valence-corrected chi connectivity index (χ2v) is 6.74. The van der Waals surface area contributed by atoms with Crippen LogP contribution in [0.25, 0.3) is 0 Å². The van der Waals surface area contributed by atoms with Crippen molar-refractivity contribution in [1.82, 2.24) is 10.6 Å². The number of para-hydroxylation sites is 2. The molecular weight excluding hydrogens is 437 g/mol. The van der Waals surface area contributed by atoms with E-state index in [9.17, 15) is 0 Å². The fourth-order valence-electron chi connectivity index (χ4n) is 2.46. The van der Waals surface area contributed by atoms with Gasteiger partial charge in [0.25, 0.3) is 0 Å². The number of thioether (sulfide) groups is 1. The zero-order valence-electron chi connectivity index (χ0n) is 14.6. The molecule has 1 saturated heterocycles. The molecule has 2 N–H and O–H groups in total. The third kappa shape index (κ3) is 6.96. The first-order chi connectivity index (χ1) is 11.2. The van der Waals surface area contributed by atoms with E-state index in [1.807, 2.05) is 43.0 Å². The minimum absolute atomic E-state index is 0. The van der Waals surface area contributed by atoms with Crippen LogP contribution in [-0.2, 0) is 0 Å². The molecule has 1 aliphatic rings. The number of aliphatic imine (C=N–C) groups is 1. The first-order valence-electron chi connectivity index (χ1n) is 8.07. The highest BCUT2D eigenvalue weighted by Crippen LogP contribution is 2.26. The number of nitrogens with one attached hydrogen (secondary N) is 2. The maximum Gasteiger partial charge on any atom is 0.191 e. The highest BCUT2D eigenvalue weighted by atomic mass is 127. The van der Waals surface area contributed by atoms with Crippen LogP contribution in [0.2, 0.25) is 0 Å². The lowest BCUT2D eigenvalue weighted by Crippen LogP contribution is -2.47. The summed E-state index contributed by atoms with van der Waals surface area (Å²) in [5, 5.41) is 6.82. The molecule has 1 aliphatic heterocycles. The Bertz CT molecular complexity index is 510. The average Bonchev–Trinajstić information content (AvgIpc) is 2.60. The summed E-state index contributed by atoms with van der Waals surface area (Å²) < 4.78 is 11.3. The van der Waals surface area contributed by atoms with Gasteiger partial charge in [-0.1, -0.05) is 12.1 Å². The van der Waals surface area contributed by atoms with Crippen molar-refractivity contribution in [2.75, 3.05) is 32.2 Å². The number of halogens is 1. The normalized spacial score (nSPS) is 19.0. The first kappa shape index (κ1) is 21.2. The Morgan fingerprint density at radius 1 is 1.38 bits per heavy atom. The molecule has 0 aliphatic carbocycles. The van der Waals surface area contributed by atoms with Gasteiger partial charge < -0.3 is 20.1 Å².